The van der Waals surface area contributed by atoms with Crippen molar-refractivity contribution in [3.8, 4) is 5.75 Å². The van der Waals surface area contributed by atoms with Crippen LogP contribution >= 0.6 is 11.6 Å². The van der Waals surface area contributed by atoms with Gasteiger partial charge in [-0.3, -0.25) is 4.79 Å². The van der Waals surface area contributed by atoms with Gasteiger partial charge in [-0.15, -0.1) is 0 Å². The summed E-state index contributed by atoms with van der Waals surface area (Å²) in [5.74, 6) is 0.0290. The first-order valence-electron chi connectivity index (χ1n) is 9.14. The fourth-order valence-electron chi connectivity index (χ4n) is 3.05. The molecule has 0 saturated carbocycles. The molecular formula is C20H23ClN2O4S. The number of nitrogens with zero attached hydrogens (tertiary/aromatic N) is 2. The van der Waals surface area contributed by atoms with E-state index in [2.05, 4.69) is 0 Å². The van der Waals surface area contributed by atoms with Gasteiger partial charge in [0, 0.05) is 25.8 Å². The van der Waals surface area contributed by atoms with Crippen LogP contribution in [-0.4, -0.2) is 45.4 Å². The average Bonchev–Trinajstić information content (AvgIpc) is 2.73. The number of sulfonamides is 1. The van der Waals surface area contributed by atoms with Crippen molar-refractivity contribution in [1.82, 2.24) is 4.31 Å². The molecule has 0 aromatic heterocycles. The molecule has 1 aliphatic rings. The summed E-state index contributed by atoms with van der Waals surface area (Å²) in [6.45, 7) is 0.848. The average molecular weight is 423 g/mol. The van der Waals surface area contributed by atoms with Crippen LogP contribution in [0.2, 0.25) is 5.02 Å². The summed E-state index contributed by atoms with van der Waals surface area (Å²) in [5, 5.41) is 0.160. The van der Waals surface area contributed by atoms with Gasteiger partial charge in [-0.25, -0.2) is 8.42 Å². The van der Waals surface area contributed by atoms with Gasteiger partial charge >= 0.3 is 0 Å². The number of amides is 1. The lowest BCUT2D eigenvalue weighted by molar-refractivity contribution is -0.120. The number of carbonyl (C=O) groups excluding carboxylic acids is 1. The van der Waals surface area contributed by atoms with Crippen LogP contribution in [0.1, 0.15) is 19.3 Å². The molecule has 3 rings (SSSR count). The maximum absolute atomic E-state index is 12.7. The smallest absolute Gasteiger partial charge is 0.264 e. The number of ether oxygens (including phenoxy) is 1. The molecule has 1 amide bonds. The topological polar surface area (TPSA) is 66.9 Å². The maximum atomic E-state index is 12.7. The molecule has 6 nitrogen and oxygen atoms in total. The predicted octanol–water partition coefficient (Wildman–Crippen LogP) is 3.56. The van der Waals surface area contributed by atoms with E-state index in [4.69, 9.17) is 16.3 Å². The number of benzene rings is 2. The first-order valence-corrected chi connectivity index (χ1v) is 11.0. The fourth-order valence-corrected chi connectivity index (χ4v) is 4.89. The Balaban J connectivity index is 1.66. The third kappa shape index (κ3) is 4.66. The monoisotopic (exact) mass is 422 g/mol. The Kier molecular flexibility index (Phi) is 6.59. The number of hydrogen-bond acceptors (Lipinski definition) is 4. The van der Waals surface area contributed by atoms with E-state index in [0.717, 1.165) is 24.9 Å². The molecule has 0 N–H and O–H groups in total. The number of hydrogen-bond donors (Lipinski definition) is 0. The number of piperidine rings is 1. The van der Waals surface area contributed by atoms with Crippen molar-refractivity contribution in [2.75, 3.05) is 31.6 Å². The zero-order chi connectivity index (χ0) is 20.1. The zero-order valence-electron chi connectivity index (χ0n) is 15.7. The molecular weight excluding hydrogens is 400 g/mol. The zero-order valence-corrected chi connectivity index (χ0v) is 17.2. The molecule has 1 aliphatic heterocycles. The minimum absolute atomic E-state index is 0.138. The van der Waals surface area contributed by atoms with Gasteiger partial charge in [0.25, 0.3) is 5.91 Å². The minimum atomic E-state index is -3.56. The van der Waals surface area contributed by atoms with Crippen LogP contribution in [0, 0.1) is 0 Å². The Labute approximate surface area is 170 Å². The fraction of sp³-hybridized carbons (Fsp3) is 0.350. The quantitative estimate of drug-likeness (QED) is 0.713. The van der Waals surface area contributed by atoms with Crippen LogP contribution in [0.4, 0.5) is 5.69 Å². The van der Waals surface area contributed by atoms with Crippen LogP contribution in [0.3, 0.4) is 0 Å². The van der Waals surface area contributed by atoms with Gasteiger partial charge in [0.1, 0.15) is 5.75 Å². The molecule has 1 fully saturated rings. The van der Waals surface area contributed by atoms with Crippen LogP contribution in [0.15, 0.2) is 53.4 Å². The molecule has 8 heteroatoms. The van der Waals surface area contributed by atoms with Crippen LogP contribution < -0.4 is 9.64 Å². The molecule has 2 aromatic carbocycles. The van der Waals surface area contributed by atoms with Gasteiger partial charge in [-0.1, -0.05) is 36.2 Å². The first kappa shape index (κ1) is 20.6. The van der Waals surface area contributed by atoms with Crippen molar-refractivity contribution in [1.29, 1.82) is 0 Å². The summed E-state index contributed by atoms with van der Waals surface area (Å²) < 4.78 is 32.5. The lowest BCUT2D eigenvalue weighted by Crippen LogP contribution is -2.35. The van der Waals surface area contributed by atoms with Gasteiger partial charge in [0.05, 0.1) is 9.92 Å². The second-order valence-corrected chi connectivity index (χ2v) is 8.98. The van der Waals surface area contributed by atoms with Crippen LogP contribution in [0.5, 0.6) is 5.75 Å². The highest BCUT2D eigenvalue weighted by Gasteiger charge is 2.26. The maximum Gasteiger partial charge on any atom is 0.264 e. The molecule has 0 radical (unpaired) electrons. The summed E-state index contributed by atoms with van der Waals surface area (Å²) in [5.41, 5.74) is 0.755. The molecule has 0 aliphatic carbocycles. The molecule has 0 bridgehead atoms. The van der Waals surface area contributed by atoms with E-state index >= 15 is 0 Å². The van der Waals surface area contributed by atoms with Crippen molar-refractivity contribution in [2.45, 2.75) is 24.2 Å². The van der Waals surface area contributed by atoms with Crippen LogP contribution in [0.25, 0.3) is 0 Å². The van der Waals surface area contributed by atoms with Gasteiger partial charge in [0.15, 0.2) is 6.61 Å². The lowest BCUT2D eigenvalue weighted by Gasteiger charge is -2.26. The number of para-hydroxylation sites is 1. The number of anilines is 1. The first-order chi connectivity index (χ1) is 13.4. The van der Waals surface area contributed by atoms with E-state index in [-0.39, 0.29) is 28.2 Å². The SMILES string of the molecule is CN(C(=O)COc1ccc(S(=O)(=O)N2CCCCC2)cc1Cl)c1ccccc1. The van der Waals surface area contributed by atoms with E-state index in [1.165, 1.54) is 27.4 Å². The molecule has 0 unspecified atom stereocenters. The number of carbonyl (C=O) groups is 1. The Bertz CT molecular complexity index is 928. The highest BCUT2D eigenvalue weighted by atomic mass is 35.5. The predicted molar refractivity (Wildman–Crippen MR) is 109 cm³/mol. The number of halogens is 1. The van der Waals surface area contributed by atoms with Gasteiger partial charge in [0.2, 0.25) is 10.0 Å². The van der Waals surface area contributed by atoms with Crippen LogP contribution in [-0.2, 0) is 14.8 Å². The third-order valence-corrected chi connectivity index (χ3v) is 6.91. The summed E-state index contributed by atoms with van der Waals surface area (Å²) in [6.07, 6.45) is 2.78. The highest BCUT2D eigenvalue weighted by molar-refractivity contribution is 7.89. The van der Waals surface area contributed by atoms with E-state index in [1.54, 1.807) is 7.05 Å². The molecule has 1 heterocycles. The number of rotatable bonds is 6. The van der Waals surface area contributed by atoms with Gasteiger partial charge < -0.3 is 9.64 Å². The Morgan fingerprint density at radius 2 is 1.79 bits per heavy atom. The summed E-state index contributed by atoms with van der Waals surface area (Å²) in [7, 11) is -1.90. The number of likely N-dealkylation sites (N-methyl/N-ethyl adjacent to an activating group) is 1. The highest BCUT2D eigenvalue weighted by Crippen LogP contribution is 2.29. The molecule has 0 atom stereocenters. The Hall–Kier alpha value is -2.09. The second kappa shape index (κ2) is 8.94. The van der Waals surface area contributed by atoms with E-state index in [1.807, 2.05) is 30.3 Å². The normalized spacial score (nSPS) is 15.2. The van der Waals surface area contributed by atoms with Gasteiger partial charge in [-0.05, 0) is 43.2 Å². The van der Waals surface area contributed by atoms with Crippen molar-refractivity contribution in [2.24, 2.45) is 0 Å². The molecule has 28 heavy (non-hydrogen) atoms. The summed E-state index contributed by atoms with van der Waals surface area (Å²) >= 11 is 6.22. The van der Waals surface area contributed by atoms with Crippen molar-refractivity contribution >= 4 is 33.2 Å². The summed E-state index contributed by atoms with van der Waals surface area (Å²) in [6, 6.07) is 13.6. The van der Waals surface area contributed by atoms with E-state index < -0.39 is 10.0 Å². The van der Waals surface area contributed by atoms with E-state index in [0.29, 0.717) is 13.1 Å². The minimum Gasteiger partial charge on any atom is -0.482 e. The molecule has 2 aromatic rings. The summed E-state index contributed by atoms with van der Waals surface area (Å²) in [4.78, 5) is 13.9. The van der Waals surface area contributed by atoms with Gasteiger partial charge in [-0.2, -0.15) is 4.31 Å². The molecule has 0 spiro atoms. The molecule has 1 saturated heterocycles. The van der Waals surface area contributed by atoms with Crippen molar-refractivity contribution in [3.63, 3.8) is 0 Å². The van der Waals surface area contributed by atoms with Crippen molar-refractivity contribution in [3.05, 3.63) is 53.6 Å². The Morgan fingerprint density at radius 3 is 2.43 bits per heavy atom. The largest absolute Gasteiger partial charge is 0.482 e. The lowest BCUT2D eigenvalue weighted by atomic mass is 10.2. The second-order valence-electron chi connectivity index (χ2n) is 6.63. The van der Waals surface area contributed by atoms with E-state index in [9.17, 15) is 13.2 Å². The standard InChI is InChI=1S/C20H23ClN2O4S/c1-22(16-8-4-2-5-9-16)20(24)15-27-19-11-10-17(14-18(19)21)28(25,26)23-12-6-3-7-13-23/h2,4-5,8-11,14H,3,6-7,12-13,15H2,1H3. The third-order valence-electron chi connectivity index (χ3n) is 4.72. The van der Waals surface area contributed by atoms with Crippen molar-refractivity contribution < 1.29 is 17.9 Å². The molecule has 150 valence electrons. The Morgan fingerprint density at radius 1 is 1.11 bits per heavy atom.